The predicted octanol–water partition coefficient (Wildman–Crippen LogP) is 2.82. The number of nitriles is 1. The quantitative estimate of drug-likeness (QED) is 0.712. The highest BCUT2D eigenvalue weighted by Gasteiger charge is 2.32. The molecule has 0 aromatic rings. The zero-order valence-corrected chi connectivity index (χ0v) is 9.21. The van der Waals surface area contributed by atoms with E-state index in [9.17, 15) is 4.79 Å². The summed E-state index contributed by atoms with van der Waals surface area (Å²) in [5.74, 6) is -0.524. The van der Waals surface area contributed by atoms with E-state index in [1.54, 1.807) is 0 Å². The summed E-state index contributed by atoms with van der Waals surface area (Å²) in [5.41, 5.74) is -0.484. The Labute approximate surface area is 85.7 Å². The third-order valence-electron chi connectivity index (χ3n) is 3.00. The SMILES string of the molecule is CCC(CC)C(C)(C#N)CCC(=O)O. The van der Waals surface area contributed by atoms with Crippen LogP contribution in [0.1, 0.15) is 46.5 Å². The van der Waals surface area contributed by atoms with E-state index < -0.39 is 11.4 Å². The third-order valence-corrected chi connectivity index (χ3v) is 3.00. The molecule has 0 bridgehead atoms. The van der Waals surface area contributed by atoms with Gasteiger partial charge in [-0.25, -0.2) is 0 Å². The number of aliphatic carboxylic acids is 1. The molecule has 1 unspecified atom stereocenters. The molecule has 0 amide bonds. The maximum Gasteiger partial charge on any atom is 0.303 e. The van der Waals surface area contributed by atoms with Crippen LogP contribution < -0.4 is 0 Å². The average Bonchev–Trinajstić information content (AvgIpc) is 2.16. The van der Waals surface area contributed by atoms with Crippen molar-refractivity contribution in [2.75, 3.05) is 0 Å². The number of rotatable bonds is 6. The molecule has 0 heterocycles. The summed E-state index contributed by atoms with van der Waals surface area (Å²) in [4.78, 5) is 10.5. The van der Waals surface area contributed by atoms with Crippen molar-refractivity contribution < 1.29 is 9.90 Å². The van der Waals surface area contributed by atoms with Gasteiger partial charge in [0.05, 0.1) is 11.5 Å². The molecule has 0 aliphatic rings. The molecule has 80 valence electrons. The van der Waals surface area contributed by atoms with Crippen LogP contribution >= 0.6 is 0 Å². The molecule has 0 saturated carbocycles. The average molecular weight is 197 g/mol. The van der Waals surface area contributed by atoms with Crippen LogP contribution in [0.4, 0.5) is 0 Å². The van der Waals surface area contributed by atoms with Crippen LogP contribution in [0, 0.1) is 22.7 Å². The fourth-order valence-corrected chi connectivity index (χ4v) is 1.91. The molecule has 0 fully saturated rings. The Morgan fingerprint density at radius 1 is 1.50 bits per heavy atom. The maximum absolute atomic E-state index is 10.5. The molecule has 3 nitrogen and oxygen atoms in total. The number of carbonyl (C=O) groups is 1. The zero-order chi connectivity index (χ0) is 11.2. The molecular weight excluding hydrogens is 178 g/mol. The minimum atomic E-state index is -0.822. The Kier molecular flexibility index (Phi) is 5.22. The second-order valence-electron chi connectivity index (χ2n) is 3.94. The fourth-order valence-electron chi connectivity index (χ4n) is 1.91. The van der Waals surface area contributed by atoms with Crippen molar-refractivity contribution in [2.45, 2.75) is 46.5 Å². The van der Waals surface area contributed by atoms with E-state index in [1.165, 1.54) is 0 Å². The van der Waals surface area contributed by atoms with Crippen LogP contribution in [0.2, 0.25) is 0 Å². The van der Waals surface area contributed by atoms with Crippen LogP contribution in [0.25, 0.3) is 0 Å². The number of nitrogens with zero attached hydrogens (tertiary/aromatic N) is 1. The topological polar surface area (TPSA) is 61.1 Å². The molecule has 0 rings (SSSR count). The summed E-state index contributed by atoms with van der Waals surface area (Å²) < 4.78 is 0. The lowest BCUT2D eigenvalue weighted by Crippen LogP contribution is -2.25. The second-order valence-corrected chi connectivity index (χ2v) is 3.94. The second kappa shape index (κ2) is 5.64. The van der Waals surface area contributed by atoms with Gasteiger partial charge in [0.15, 0.2) is 0 Å². The molecule has 0 aromatic carbocycles. The lowest BCUT2D eigenvalue weighted by molar-refractivity contribution is -0.137. The van der Waals surface area contributed by atoms with Crippen LogP contribution in [-0.2, 0) is 4.79 Å². The summed E-state index contributed by atoms with van der Waals surface area (Å²) >= 11 is 0. The van der Waals surface area contributed by atoms with Crippen LogP contribution in [0.5, 0.6) is 0 Å². The normalized spacial score (nSPS) is 14.8. The van der Waals surface area contributed by atoms with Crippen molar-refractivity contribution >= 4 is 5.97 Å². The standard InChI is InChI=1S/C11H19NO2/c1-4-9(5-2)11(3,8-12)7-6-10(13)14/h9H,4-7H2,1-3H3,(H,13,14). The number of carboxylic acid groups (broad SMARTS) is 1. The molecule has 0 aromatic heterocycles. The Hall–Kier alpha value is -1.04. The van der Waals surface area contributed by atoms with Gasteiger partial charge >= 0.3 is 5.97 Å². The molecule has 0 radical (unpaired) electrons. The molecule has 1 atom stereocenters. The lowest BCUT2D eigenvalue weighted by atomic mass is 9.72. The van der Waals surface area contributed by atoms with Gasteiger partial charge < -0.3 is 5.11 Å². The first kappa shape index (κ1) is 13.0. The summed E-state index contributed by atoms with van der Waals surface area (Å²) in [6.07, 6.45) is 2.39. The van der Waals surface area contributed by atoms with Crippen LogP contribution in [-0.4, -0.2) is 11.1 Å². The third kappa shape index (κ3) is 3.37. The van der Waals surface area contributed by atoms with Gasteiger partial charge in [-0.2, -0.15) is 5.26 Å². The minimum Gasteiger partial charge on any atom is -0.481 e. The van der Waals surface area contributed by atoms with Crippen molar-refractivity contribution in [3.05, 3.63) is 0 Å². The minimum absolute atomic E-state index is 0.0839. The highest BCUT2D eigenvalue weighted by atomic mass is 16.4. The van der Waals surface area contributed by atoms with Gasteiger partial charge in [0.2, 0.25) is 0 Å². The van der Waals surface area contributed by atoms with Gasteiger partial charge in [-0.05, 0) is 19.3 Å². The smallest absolute Gasteiger partial charge is 0.303 e. The van der Waals surface area contributed by atoms with E-state index in [1.807, 2.05) is 20.8 Å². The van der Waals surface area contributed by atoms with Crippen molar-refractivity contribution in [1.29, 1.82) is 5.26 Å². The predicted molar refractivity (Wildman–Crippen MR) is 54.7 cm³/mol. The Morgan fingerprint density at radius 2 is 2.00 bits per heavy atom. The first-order chi connectivity index (χ1) is 6.50. The fraction of sp³-hybridized carbons (Fsp3) is 0.818. The van der Waals surface area contributed by atoms with E-state index >= 15 is 0 Å². The molecular formula is C11H19NO2. The Morgan fingerprint density at radius 3 is 2.29 bits per heavy atom. The molecule has 14 heavy (non-hydrogen) atoms. The van der Waals surface area contributed by atoms with Gasteiger partial charge in [-0.15, -0.1) is 0 Å². The zero-order valence-electron chi connectivity index (χ0n) is 9.21. The Balaban J connectivity index is 4.46. The largest absolute Gasteiger partial charge is 0.481 e. The van der Waals surface area contributed by atoms with Gasteiger partial charge in [0.1, 0.15) is 0 Å². The van der Waals surface area contributed by atoms with Crippen molar-refractivity contribution in [3.63, 3.8) is 0 Å². The summed E-state index contributed by atoms with van der Waals surface area (Å²) in [5, 5.41) is 17.7. The van der Waals surface area contributed by atoms with Gasteiger partial charge in [-0.1, -0.05) is 26.7 Å². The summed E-state index contributed by atoms with van der Waals surface area (Å²) in [7, 11) is 0. The van der Waals surface area contributed by atoms with E-state index in [0.717, 1.165) is 12.8 Å². The van der Waals surface area contributed by atoms with E-state index in [4.69, 9.17) is 10.4 Å². The van der Waals surface area contributed by atoms with E-state index in [2.05, 4.69) is 6.07 Å². The molecule has 0 aliphatic carbocycles. The summed E-state index contributed by atoms with van der Waals surface area (Å²) in [6, 6.07) is 2.27. The molecule has 1 N–H and O–H groups in total. The molecule has 0 aliphatic heterocycles. The highest BCUT2D eigenvalue weighted by Crippen LogP contribution is 2.36. The molecule has 3 heteroatoms. The highest BCUT2D eigenvalue weighted by molar-refractivity contribution is 5.66. The number of hydrogen-bond acceptors (Lipinski definition) is 2. The summed E-state index contributed by atoms with van der Waals surface area (Å²) in [6.45, 7) is 5.96. The lowest BCUT2D eigenvalue weighted by Gasteiger charge is -2.29. The van der Waals surface area contributed by atoms with Gasteiger partial charge in [-0.3, -0.25) is 4.79 Å². The first-order valence-electron chi connectivity index (χ1n) is 5.13. The van der Waals surface area contributed by atoms with Crippen molar-refractivity contribution in [2.24, 2.45) is 11.3 Å². The Bertz CT molecular complexity index is 228. The van der Waals surface area contributed by atoms with Gasteiger partial charge in [0, 0.05) is 6.42 Å². The number of carboxylic acids is 1. The van der Waals surface area contributed by atoms with Crippen LogP contribution in [0.15, 0.2) is 0 Å². The monoisotopic (exact) mass is 197 g/mol. The van der Waals surface area contributed by atoms with E-state index in [0.29, 0.717) is 12.3 Å². The first-order valence-corrected chi connectivity index (χ1v) is 5.13. The van der Waals surface area contributed by atoms with Gasteiger partial charge in [0.25, 0.3) is 0 Å². The number of hydrogen-bond donors (Lipinski definition) is 1. The van der Waals surface area contributed by atoms with Crippen LogP contribution in [0.3, 0.4) is 0 Å². The van der Waals surface area contributed by atoms with Crippen molar-refractivity contribution in [1.82, 2.24) is 0 Å². The van der Waals surface area contributed by atoms with E-state index in [-0.39, 0.29) is 6.42 Å². The molecule has 0 saturated heterocycles. The molecule has 0 spiro atoms. The maximum atomic E-state index is 10.5. The van der Waals surface area contributed by atoms with Crippen molar-refractivity contribution in [3.8, 4) is 6.07 Å².